The molecule has 1 aliphatic heterocycles. The molecule has 9 heteroatoms. The normalized spacial score (nSPS) is 14.3. The molecule has 4 aromatic rings. The van der Waals surface area contributed by atoms with Crippen molar-refractivity contribution in [2.75, 3.05) is 50.2 Å². The Morgan fingerprint density at radius 3 is 2.88 bits per heavy atom. The summed E-state index contributed by atoms with van der Waals surface area (Å²) in [6.45, 7) is 3.66. The van der Waals surface area contributed by atoms with E-state index >= 15 is 0 Å². The molecule has 1 fully saturated rings. The fourth-order valence-corrected chi connectivity index (χ4v) is 4.94. The molecule has 0 aliphatic carbocycles. The number of anilines is 2. The smallest absolute Gasteiger partial charge is 0.163 e. The minimum absolute atomic E-state index is 0.450. The maximum absolute atomic E-state index is 9.71. The number of fused-ring (bicyclic) bond motifs is 2. The largest absolute Gasteiger partial charge is 0.493 e. The first-order valence-electron chi connectivity index (χ1n) is 10.8. The van der Waals surface area contributed by atoms with Gasteiger partial charge in [0.15, 0.2) is 11.5 Å². The number of nitrogens with zero attached hydrogens (tertiary/aromatic N) is 4. The van der Waals surface area contributed by atoms with Crippen molar-refractivity contribution in [1.82, 2.24) is 20.1 Å². The summed E-state index contributed by atoms with van der Waals surface area (Å²) in [5, 5.41) is 21.9. The zero-order valence-corrected chi connectivity index (χ0v) is 19.1. The second kappa shape index (κ2) is 9.57. The molecule has 2 aromatic carbocycles. The highest BCUT2D eigenvalue weighted by atomic mass is 32.2. The summed E-state index contributed by atoms with van der Waals surface area (Å²) in [5.74, 6) is 3.61. The van der Waals surface area contributed by atoms with E-state index in [0.29, 0.717) is 29.4 Å². The standard InChI is InChI=1S/C24H24N6O2S/c1-31-22-11-19-21(12-23(22)32-7-4-30-5-8-33-9-6-30)26-14-17(13-25)24(19)28-18-3-2-16-15-27-29-20(16)10-18/h2-3,10-12,14-15H,4-9H2,1H3,(H,26,28)(H,27,29). The molecule has 0 amide bonds. The third-order valence-electron chi connectivity index (χ3n) is 5.75. The van der Waals surface area contributed by atoms with E-state index in [4.69, 9.17) is 9.47 Å². The second-order valence-electron chi connectivity index (χ2n) is 7.78. The summed E-state index contributed by atoms with van der Waals surface area (Å²) < 4.78 is 11.7. The van der Waals surface area contributed by atoms with Gasteiger partial charge in [0, 0.05) is 59.9 Å². The monoisotopic (exact) mass is 460 g/mol. The summed E-state index contributed by atoms with van der Waals surface area (Å²) in [5.41, 5.74) is 3.61. The summed E-state index contributed by atoms with van der Waals surface area (Å²) in [6.07, 6.45) is 3.36. The summed E-state index contributed by atoms with van der Waals surface area (Å²) in [7, 11) is 1.62. The van der Waals surface area contributed by atoms with Crippen LogP contribution in [0.3, 0.4) is 0 Å². The quantitative estimate of drug-likeness (QED) is 0.424. The van der Waals surface area contributed by atoms with Crippen LogP contribution in [0.4, 0.5) is 11.4 Å². The zero-order valence-electron chi connectivity index (χ0n) is 18.3. The van der Waals surface area contributed by atoms with Crippen molar-refractivity contribution in [3.8, 4) is 17.6 Å². The average molecular weight is 461 g/mol. The number of rotatable bonds is 7. The Hall–Kier alpha value is -3.48. The number of nitriles is 1. The first-order chi connectivity index (χ1) is 16.2. The molecular weight excluding hydrogens is 436 g/mol. The molecule has 1 aliphatic rings. The molecule has 0 atom stereocenters. The van der Waals surface area contributed by atoms with Crippen molar-refractivity contribution in [3.05, 3.63) is 48.3 Å². The van der Waals surface area contributed by atoms with Crippen LogP contribution in [0.2, 0.25) is 0 Å². The van der Waals surface area contributed by atoms with Crippen LogP contribution in [0.25, 0.3) is 21.8 Å². The molecule has 2 aromatic heterocycles. The third-order valence-corrected chi connectivity index (χ3v) is 6.70. The van der Waals surface area contributed by atoms with Gasteiger partial charge in [0.25, 0.3) is 0 Å². The van der Waals surface area contributed by atoms with E-state index < -0.39 is 0 Å². The van der Waals surface area contributed by atoms with Crippen molar-refractivity contribution < 1.29 is 9.47 Å². The number of H-pyrrole nitrogens is 1. The van der Waals surface area contributed by atoms with E-state index in [-0.39, 0.29) is 0 Å². The first-order valence-corrected chi connectivity index (χ1v) is 11.9. The molecule has 0 unspecified atom stereocenters. The SMILES string of the molecule is COc1cc2c(Nc3ccc4cn[nH]c4c3)c(C#N)cnc2cc1OCCN1CCSCC1. The van der Waals surface area contributed by atoms with Crippen molar-refractivity contribution in [3.63, 3.8) is 0 Å². The topological polar surface area (TPSA) is 99.1 Å². The van der Waals surface area contributed by atoms with Gasteiger partial charge in [-0.15, -0.1) is 0 Å². The van der Waals surface area contributed by atoms with E-state index in [1.165, 1.54) is 11.5 Å². The Morgan fingerprint density at radius 2 is 2.06 bits per heavy atom. The van der Waals surface area contributed by atoms with E-state index in [1.807, 2.05) is 42.1 Å². The van der Waals surface area contributed by atoms with E-state index in [9.17, 15) is 5.26 Å². The van der Waals surface area contributed by atoms with E-state index in [0.717, 1.165) is 47.1 Å². The van der Waals surface area contributed by atoms with Gasteiger partial charge in [0.05, 0.1) is 35.6 Å². The van der Waals surface area contributed by atoms with Crippen LogP contribution in [0.1, 0.15) is 5.56 Å². The van der Waals surface area contributed by atoms with Crippen LogP contribution in [0.5, 0.6) is 11.5 Å². The highest BCUT2D eigenvalue weighted by Crippen LogP contribution is 2.37. The van der Waals surface area contributed by atoms with Crippen molar-refractivity contribution in [1.29, 1.82) is 5.26 Å². The Bertz CT molecular complexity index is 1330. The van der Waals surface area contributed by atoms with Gasteiger partial charge in [0.2, 0.25) is 0 Å². The molecule has 0 radical (unpaired) electrons. The molecule has 33 heavy (non-hydrogen) atoms. The number of aromatic nitrogens is 3. The lowest BCUT2D eigenvalue weighted by Crippen LogP contribution is -2.35. The molecule has 2 N–H and O–H groups in total. The highest BCUT2D eigenvalue weighted by molar-refractivity contribution is 7.99. The minimum atomic E-state index is 0.450. The van der Waals surface area contributed by atoms with E-state index in [2.05, 4.69) is 31.5 Å². The summed E-state index contributed by atoms with van der Waals surface area (Å²) in [6, 6.07) is 11.9. The number of nitrogens with one attached hydrogen (secondary N) is 2. The predicted molar refractivity (Wildman–Crippen MR) is 132 cm³/mol. The molecule has 0 saturated carbocycles. The molecular formula is C24H24N6O2S. The molecule has 3 heterocycles. The van der Waals surface area contributed by atoms with Crippen LogP contribution >= 0.6 is 11.8 Å². The third kappa shape index (κ3) is 4.53. The highest BCUT2D eigenvalue weighted by Gasteiger charge is 2.16. The number of hydrogen-bond acceptors (Lipinski definition) is 8. The van der Waals surface area contributed by atoms with Crippen molar-refractivity contribution in [2.24, 2.45) is 0 Å². The number of aromatic amines is 1. The van der Waals surface area contributed by atoms with Crippen molar-refractivity contribution >= 4 is 44.9 Å². The predicted octanol–water partition coefficient (Wildman–Crippen LogP) is 4.16. The summed E-state index contributed by atoms with van der Waals surface area (Å²) >= 11 is 2.00. The Labute approximate surface area is 195 Å². The second-order valence-corrected chi connectivity index (χ2v) is 9.00. The Balaban J connectivity index is 1.44. The lowest BCUT2D eigenvalue weighted by atomic mass is 10.1. The van der Waals surface area contributed by atoms with Crippen LogP contribution in [0.15, 0.2) is 42.7 Å². The number of hydrogen-bond donors (Lipinski definition) is 2. The number of benzene rings is 2. The number of methoxy groups -OCH3 is 1. The van der Waals surface area contributed by atoms with Gasteiger partial charge in [-0.3, -0.25) is 15.0 Å². The number of thioether (sulfide) groups is 1. The van der Waals surface area contributed by atoms with Gasteiger partial charge in [-0.1, -0.05) is 0 Å². The average Bonchev–Trinajstić information content (AvgIpc) is 3.32. The van der Waals surface area contributed by atoms with E-state index in [1.54, 1.807) is 19.5 Å². The van der Waals surface area contributed by atoms with Crippen LogP contribution < -0.4 is 14.8 Å². The number of pyridine rings is 1. The lowest BCUT2D eigenvalue weighted by molar-refractivity contribution is 0.217. The fourth-order valence-electron chi connectivity index (χ4n) is 3.96. The lowest BCUT2D eigenvalue weighted by Gasteiger charge is -2.26. The molecule has 168 valence electrons. The maximum atomic E-state index is 9.71. The Kier molecular flexibility index (Phi) is 6.19. The Morgan fingerprint density at radius 1 is 1.18 bits per heavy atom. The number of ether oxygens (including phenoxy) is 2. The molecule has 0 bridgehead atoms. The fraction of sp³-hybridized carbons (Fsp3) is 0.292. The maximum Gasteiger partial charge on any atom is 0.163 e. The van der Waals surface area contributed by atoms with Gasteiger partial charge in [-0.25, -0.2) is 0 Å². The van der Waals surface area contributed by atoms with Gasteiger partial charge < -0.3 is 14.8 Å². The summed E-state index contributed by atoms with van der Waals surface area (Å²) in [4.78, 5) is 6.92. The van der Waals surface area contributed by atoms with Gasteiger partial charge >= 0.3 is 0 Å². The molecule has 8 nitrogen and oxygen atoms in total. The van der Waals surface area contributed by atoms with Crippen molar-refractivity contribution in [2.45, 2.75) is 0 Å². The molecule has 1 saturated heterocycles. The van der Waals surface area contributed by atoms with Crippen LogP contribution in [-0.2, 0) is 0 Å². The van der Waals surface area contributed by atoms with Crippen LogP contribution in [0, 0.1) is 11.3 Å². The first kappa shape index (κ1) is 21.4. The van der Waals surface area contributed by atoms with Gasteiger partial charge in [-0.05, 0) is 24.3 Å². The van der Waals surface area contributed by atoms with Gasteiger partial charge in [0.1, 0.15) is 12.7 Å². The van der Waals surface area contributed by atoms with Gasteiger partial charge in [-0.2, -0.15) is 22.1 Å². The molecule has 5 rings (SSSR count). The minimum Gasteiger partial charge on any atom is -0.493 e. The molecule has 0 spiro atoms. The van der Waals surface area contributed by atoms with Crippen LogP contribution in [-0.4, -0.2) is 64.9 Å². The zero-order chi connectivity index (χ0) is 22.6.